The summed E-state index contributed by atoms with van der Waals surface area (Å²) in [5.41, 5.74) is 0. The van der Waals surface area contributed by atoms with Crippen molar-refractivity contribution in [2.45, 2.75) is 25.7 Å². The normalized spacial score (nSPS) is 22.9. The zero-order valence-corrected chi connectivity index (χ0v) is 8.80. The van der Waals surface area contributed by atoms with Crippen LogP contribution in [0.15, 0.2) is 24.5 Å². The van der Waals surface area contributed by atoms with E-state index in [0.717, 1.165) is 0 Å². The van der Waals surface area contributed by atoms with Gasteiger partial charge in [-0.3, -0.25) is 0 Å². The van der Waals surface area contributed by atoms with Gasteiger partial charge < -0.3 is 14.6 Å². The third kappa shape index (κ3) is 3.78. The highest BCUT2D eigenvalue weighted by Crippen LogP contribution is 2.15. The van der Waals surface area contributed by atoms with Crippen molar-refractivity contribution < 1.29 is 14.6 Å². The quantitative estimate of drug-likeness (QED) is 0.695. The van der Waals surface area contributed by atoms with Crippen molar-refractivity contribution in [2.75, 3.05) is 6.61 Å². The lowest BCUT2D eigenvalue weighted by atomic mass is 10.0. The molecule has 1 aliphatic rings. The van der Waals surface area contributed by atoms with Gasteiger partial charge in [0.1, 0.15) is 0 Å². The fourth-order valence-electron chi connectivity index (χ4n) is 1.24. The summed E-state index contributed by atoms with van der Waals surface area (Å²) in [6.45, 7) is 1.95. The first-order chi connectivity index (χ1) is 7.27. The van der Waals surface area contributed by atoms with E-state index in [2.05, 4.69) is 5.92 Å². The molecule has 1 rings (SSSR count). The van der Waals surface area contributed by atoms with Crippen LogP contribution in [-0.4, -0.2) is 24.1 Å². The molecule has 0 bridgehead atoms. The summed E-state index contributed by atoms with van der Waals surface area (Å²) in [5.74, 6) is 2.54. The van der Waals surface area contributed by atoms with Crippen LogP contribution in [0.25, 0.3) is 0 Å². The maximum Gasteiger partial charge on any atom is 0.219 e. The van der Waals surface area contributed by atoms with Gasteiger partial charge in [-0.25, -0.2) is 0 Å². The van der Waals surface area contributed by atoms with Crippen LogP contribution >= 0.6 is 0 Å². The summed E-state index contributed by atoms with van der Waals surface area (Å²) in [7, 11) is 0. The number of aliphatic hydroxyl groups excluding tert-OH is 1. The van der Waals surface area contributed by atoms with E-state index in [9.17, 15) is 0 Å². The molecule has 1 aliphatic heterocycles. The molecule has 1 N–H and O–H groups in total. The number of aliphatic hydroxyl groups is 1. The third-order valence-corrected chi connectivity index (χ3v) is 2.22. The van der Waals surface area contributed by atoms with E-state index in [1.165, 1.54) is 0 Å². The highest BCUT2D eigenvalue weighted by molar-refractivity contribution is 5.05. The van der Waals surface area contributed by atoms with Crippen molar-refractivity contribution in [3.8, 4) is 12.3 Å². The molecule has 0 aromatic carbocycles. The van der Waals surface area contributed by atoms with E-state index in [1.54, 1.807) is 18.4 Å². The Morgan fingerprint density at radius 3 is 2.93 bits per heavy atom. The summed E-state index contributed by atoms with van der Waals surface area (Å²) in [6, 6.07) is 0. The largest absolute Gasteiger partial charge is 0.469 e. The Hall–Kier alpha value is -1.24. The minimum Gasteiger partial charge on any atom is -0.469 e. The van der Waals surface area contributed by atoms with Crippen molar-refractivity contribution in [3.05, 3.63) is 24.5 Å². The molecule has 0 radical (unpaired) electrons. The summed E-state index contributed by atoms with van der Waals surface area (Å²) < 4.78 is 10.8. The van der Waals surface area contributed by atoms with Gasteiger partial charge in [-0.05, 0) is 12.2 Å². The molecule has 0 aromatic rings. The summed E-state index contributed by atoms with van der Waals surface area (Å²) >= 11 is 0. The summed E-state index contributed by atoms with van der Waals surface area (Å²) in [5, 5.41) is 9.04. The van der Waals surface area contributed by atoms with Crippen LogP contribution in [0.2, 0.25) is 0 Å². The molecule has 15 heavy (non-hydrogen) atoms. The number of allylic oxidation sites excluding steroid dienone is 2. The molecule has 0 saturated heterocycles. The fraction of sp³-hybridized carbons (Fsp3) is 0.500. The van der Waals surface area contributed by atoms with Gasteiger partial charge in [0.2, 0.25) is 6.29 Å². The molecule has 1 unspecified atom stereocenters. The van der Waals surface area contributed by atoms with Crippen molar-refractivity contribution >= 4 is 0 Å². The standard InChI is InChI=1S/C12H16O3/c1-3-6-11(10(2)9-13)15-12-7-4-5-8-14-12/h1,4-5,7-8,10-13H,6,9H2,2H3/t10?,11-,12+/m1/s1. The lowest BCUT2D eigenvalue weighted by Crippen LogP contribution is -2.29. The predicted molar refractivity (Wildman–Crippen MR) is 57.7 cm³/mol. The van der Waals surface area contributed by atoms with E-state index in [4.69, 9.17) is 21.0 Å². The minimum absolute atomic E-state index is 0.00366. The minimum atomic E-state index is -0.401. The molecule has 0 fully saturated rings. The van der Waals surface area contributed by atoms with E-state index >= 15 is 0 Å². The van der Waals surface area contributed by atoms with Crippen molar-refractivity contribution in [3.63, 3.8) is 0 Å². The Morgan fingerprint density at radius 2 is 2.40 bits per heavy atom. The summed E-state index contributed by atoms with van der Waals surface area (Å²) in [4.78, 5) is 0. The second kappa shape index (κ2) is 6.28. The smallest absolute Gasteiger partial charge is 0.219 e. The van der Waals surface area contributed by atoms with Crippen LogP contribution in [0, 0.1) is 18.3 Å². The van der Waals surface area contributed by atoms with Gasteiger partial charge in [-0.1, -0.05) is 13.0 Å². The Morgan fingerprint density at radius 1 is 1.60 bits per heavy atom. The molecular formula is C12H16O3. The van der Waals surface area contributed by atoms with Gasteiger partial charge >= 0.3 is 0 Å². The van der Waals surface area contributed by atoms with E-state index in [-0.39, 0.29) is 18.6 Å². The molecular weight excluding hydrogens is 192 g/mol. The maximum absolute atomic E-state index is 9.04. The number of hydrogen-bond acceptors (Lipinski definition) is 3. The topological polar surface area (TPSA) is 38.7 Å². The SMILES string of the molecule is C#CC[C@@H](O[C@H]1C=CC=CO1)C(C)CO. The average Bonchev–Trinajstić information content (AvgIpc) is 2.29. The first-order valence-corrected chi connectivity index (χ1v) is 4.96. The lowest BCUT2D eigenvalue weighted by Gasteiger charge is -2.25. The zero-order valence-electron chi connectivity index (χ0n) is 8.80. The monoisotopic (exact) mass is 208 g/mol. The van der Waals surface area contributed by atoms with Crippen LogP contribution in [0.4, 0.5) is 0 Å². The van der Waals surface area contributed by atoms with Crippen molar-refractivity contribution in [2.24, 2.45) is 5.92 Å². The van der Waals surface area contributed by atoms with Crippen molar-refractivity contribution in [1.82, 2.24) is 0 Å². The molecule has 3 atom stereocenters. The molecule has 0 aromatic heterocycles. The number of terminal acetylenes is 1. The zero-order chi connectivity index (χ0) is 11.1. The van der Waals surface area contributed by atoms with Crippen molar-refractivity contribution in [1.29, 1.82) is 0 Å². The molecule has 0 saturated carbocycles. The van der Waals surface area contributed by atoms with Gasteiger partial charge in [0, 0.05) is 18.9 Å². The fourth-order valence-corrected chi connectivity index (χ4v) is 1.24. The van der Waals surface area contributed by atoms with E-state index in [1.807, 2.05) is 13.0 Å². The number of hydrogen-bond donors (Lipinski definition) is 1. The Kier molecular flexibility index (Phi) is 4.96. The Balaban J connectivity index is 2.47. The molecule has 3 nitrogen and oxygen atoms in total. The van der Waals surface area contributed by atoms with Crippen LogP contribution < -0.4 is 0 Å². The van der Waals surface area contributed by atoms with Gasteiger partial charge in [-0.2, -0.15) is 0 Å². The first-order valence-electron chi connectivity index (χ1n) is 4.96. The lowest BCUT2D eigenvalue weighted by molar-refractivity contribution is -0.130. The van der Waals surface area contributed by atoms with Crippen LogP contribution in [0.5, 0.6) is 0 Å². The third-order valence-electron chi connectivity index (χ3n) is 2.22. The first kappa shape index (κ1) is 11.8. The van der Waals surface area contributed by atoms with Gasteiger partial charge in [0.15, 0.2) is 0 Å². The second-order valence-corrected chi connectivity index (χ2v) is 3.46. The molecule has 3 heteroatoms. The van der Waals surface area contributed by atoms with Crippen LogP contribution in [-0.2, 0) is 9.47 Å². The maximum atomic E-state index is 9.04. The highest BCUT2D eigenvalue weighted by atomic mass is 16.7. The number of ether oxygens (including phenoxy) is 2. The molecule has 82 valence electrons. The predicted octanol–water partition coefficient (Wildman–Crippen LogP) is 1.45. The Labute approximate surface area is 90.4 Å². The Bertz CT molecular complexity index is 275. The molecule has 0 aliphatic carbocycles. The van der Waals surface area contributed by atoms with Gasteiger partial charge in [0.05, 0.1) is 12.4 Å². The van der Waals surface area contributed by atoms with Gasteiger partial charge in [0.25, 0.3) is 0 Å². The molecule has 0 spiro atoms. The molecule has 1 heterocycles. The highest BCUT2D eigenvalue weighted by Gasteiger charge is 2.20. The number of rotatable bonds is 5. The van der Waals surface area contributed by atoms with Gasteiger partial charge in [-0.15, -0.1) is 12.3 Å². The summed E-state index contributed by atoms with van der Waals surface area (Å²) in [6.07, 6.45) is 12.1. The second-order valence-electron chi connectivity index (χ2n) is 3.46. The molecule has 0 amide bonds. The van der Waals surface area contributed by atoms with E-state index < -0.39 is 6.29 Å². The van der Waals surface area contributed by atoms with E-state index in [0.29, 0.717) is 6.42 Å². The van der Waals surface area contributed by atoms with Crippen LogP contribution in [0.1, 0.15) is 13.3 Å². The average molecular weight is 208 g/mol. The van der Waals surface area contributed by atoms with Crippen LogP contribution in [0.3, 0.4) is 0 Å².